The monoisotopic (exact) mass is 455 g/mol. The zero-order valence-corrected chi connectivity index (χ0v) is 18.2. The number of aromatic nitrogens is 3. The number of nitrogens with zero attached hydrogens (tertiary/aromatic N) is 4. The van der Waals surface area contributed by atoms with Crippen molar-refractivity contribution < 1.29 is 19.1 Å². The molecule has 2 aromatic carbocycles. The van der Waals surface area contributed by atoms with E-state index in [2.05, 4.69) is 15.3 Å². The van der Waals surface area contributed by atoms with E-state index in [1.54, 1.807) is 29.3 Å². The molecule has 4 aromatic rings. The smallest absolute Gasteiger partial charge is 0.253 e. The number of para-hydroxylation sites is 2. The number of pyridine rings is 1. The summed E-state index contributed by atoms with van der Waals surface area (Å²) in [5.74, 6) is 1.30. The van der Waals surface area contributed by atoms with Crippen LogP contribution < -0.4 is 19.7 Å². The summed E-state index contributed by atoms with van der Waals surface area (Å²) in [5.41, 5.74) is 2.91. The highest BCUT2D eigenvalue weighted by molar-refractivity contribution is 6.05. The molecule has 1 N–H and O–H groups in total. The Kier molecular flexibility index (Phi) is 4.87. The van der Waals surface area contributed by atoms with Crippen molar-refractivity contribution in [2.75, 3.05) is 23.4 Å². The van der Waals surface area contributed by atoms with Gasteiger partial charge >= 0.3 is 0 Å². The molecule has 2 aliphatic heterocycles. The summed E-state index contributed by atoms with van der Waals surface area (Å²) in [6.07, 6.45) is 1.66. The molecule has 170 valence electrons. The lowest BCUT2D eigenvalue weighted by atomic mass is 10.1. The zero-order valence-electron chi connectivity index (χ0n) is 18.2. The lowest BCUT2D eigenvalue weighted by molar-refractivity contribution is -0.124. The third-order valence-electron chi connectivity index (χ3n) is 5.93. The quantitative estimate of drug-likeness (QED) is 0.496. The van der Waals surface area contributed by atoms with Gasteiger partial charge in [0.2, 0.25) is 11.9 Å². The van der Waals surface area contributed by atoms with Crippen molar-refractivity contribution in [1.29, 1.82) is 0 Å². The normalized spacial score (nSPS) is 16.5. The fourth-order valence-corrected chi connectivity index (χ4v) is 4.41. The number of anilines is 2. The molecule has 34 heavy (non-hydrogen) atoms. The molecule has 2 aliphatic rings. The third-order valence-corrected chi connectivity index (χ3v) is 5.93. The molecule has 9 heteroatoms. The maximum atomic E-state index is 13.5. The van der Waals surface area contributed by atoms with Gasteiger partial charge in [0, 0.05) is 18.0 Å². The number of ether oxygens (including phenoxy) is 2. The Hall–Kier alpha value is -4.40. The van der Waals surface area contributed by atoms with Gasteiger partial charge in [-0.25, -0.2) is 4.98 Å². The SMILES string of the molecule is O=C(C[C@H]1C(=O)N(Cc2ccccn2)c2nc3ccccc3n21)Nc1ccc2c(c1)OCCO2. The lowest BCUT2D eigenvalue weighted by Gasteiger charge is -2.19. The van der Waals surface area contributed by atoms with Gasteiger partial charge in [0.05, 0.1) is 29.7 Å². The van der Waals surface area contributed by atoms with E-state index in [9.17, 15) is 9.59 Å². The molecule has 1 atom stereocenters. The second kappa shape index (κ2) is 8.18. The molecule has 0 saturated carbocycles. The first-order chi connectivity index (χ1) is 16.7. The molecule has 0 spiro atoms. The van der Waals surface area contributed by atoms with Gasteiger partial charge in [-0.2, -0.15) is 0 Å². The van der Waals surface area contributed by atoms with E-state index >= 15 is 0 Å². The molecule has 2 aromatic heterocycles. The number of hydrogen-bond acceptors (Lipinski definition) is 6. The maximum absolute atomic E-state index is 13.5. The number of benzene rings is 2. The Morgan fingerprint density at radius 2 is 1.85 bits per heavy atom. The molecule has 2 amide bonds. The van der Waals surface area contributed by atoms with E-state index in [-0.39, 0.29) is 24.8 Å². The first-order valence-electron chi connectivity index (χ1n) is 11.0. The third kappa shape index (κ3) is 3.51. The highest BCUT2D eigenvalue weighted by Crippen LogP contribution is 2.38. The van der Waals surface area contributed by atoms with Crippen LogP contribution in [-0.2, 0) is 16.1 Å². The van der Waals surface area contributed by atoms with Crippen molar-refractivity contribution in [2.45, 2.75) is 19.0 Å². The summed E-state index contributed by atoms with van der Waals surface area (Å²) in [4.78, 5) is 37.1. The molecule has 0 bridgehead atoms. The molecule has 0 unspecified atom stereocenters. The number of fused-ring (bicyclic) bond motifs is 4. The highest BCUT2D eigenvalue weighted by atomic mass is 16.6. The molecular weight excluding hydrogens is 434 g/mol. The van der Waals surface area contributed by atoms with Gasteiger partial charge in [-0.1, -0.05) is 18.2 Å². The predicted molar refractivity (Wildman–Crippen MR) is 125 cm³/mol. The lowest BCUT2D eigenvalue weighted by Crippen LogP contribution is -2.31. The van der Waals surface area contributed by atoms with Crippen LogP contribution in [0.1, 0.15) is 18.2 Å². The number of carbonyl (C=O) groups excluding carboxylic acids is 2. The largest absolute Gasteiger partial charge is 0.486 e. The summed E-state index contributed by atoms with van der Waals surface area (Å²) < 4.78 is 13.0. The second-order valence-electron chi connectivity index (χ2n) is 8.14. The van der Waals surface area contributed by atoms with Crippen molar-refractivity contribution in [2.24, 2.45) is 0 Å². The number of amides is 2. The fraction of sp³-hybridized carbons (Fsp3) is 0.200. The number of carbonyl (C=O) groups is 2. The Morgan fingerprint density at radius 1 is 1.03 bits per heavy atom. The van der Waals surface area contributed by atoms with Crippen LogP contribution >= 0.6 is 0 Å². The standard InChI is InChI=1S/C25H21N5O4/c31-23(27-16-8-9-21-22(13-16)34-12-11-33-21)14-20-24(32)29(15-17-5-3-4-10-26-17)25-28-18-6-1-2-7-19(18)30(20)25/h1-10,13,20H,11-12,14-15H2,(H,27,31)/t20-/m0/s1. The summed E-state index contributed by atoms with van der Waals surface area (Å²) in [7, 11) is 0. The Labute approximate surface area is 194 Å². The van der Waals surface area contributed by atoms with Gasteiger partial charge < -0.3 is 14.8 Å². The highest BCUT2D eigenvalue weighted by Gasteiger charge is 2.41. The van der Waals surface area contributed by atoms with E-state index in [0.29, 0.717) is 36.3 Å². The van der Waals surface area contributed by atoms with E-state index in [4.69, 9.17) is 9.47 Å². The minimum atomic E-state index is -0.705. The van der Waals surface area contributed by atoms with Crippen LogP contribution in [0.25, 0.3) is 11.0 Å². The predicted octanol–water partition coefficient (Wildman–Crippen LogP) is 3.32. The molecule has 0 radical (unpaired) electrons. The molecule has 9 nitrogen and oxygen atoms in total. The Balaban J connectivity index is 1.28. The second-order valence-corrected chi connectivity index (χ2v) is 8.14. The summed E-state index contributed by atoms with van der Waals surface area (Å²) in [6, 6.07) is 17.7. The van der Waals surface area contributed by atoms with E-state index in [1.807, 2.05) is 47.0 Å². The molecule has 0 fully saturated rings. The topological polar surface area (TPSA) is 98.6 Å². The Morgan fingerprint density at radius 3 is 2.71 bits per heavy atom. The number of rotatable bonds is 5. The Bertz CT molecular complexity index is 1400. The van der Waals surface area contributed by atoms with Crippen LogP contribution in [-0.4, -0.2) is 39.6 Å². The number of nitrogens with one attached hydrogen (secondary N) is 1. The van der Waals surface area contributed by atoms with Crippen LogP contribution in [0.4, 0.5) is 11.6 Å². The summed E-state index contributed by atoms with van der Waals surface area (Å²) in [6.45, 7) is 1.24. The van der Waals surface area contributed by atoms with Crippen molar-refractivity contribution in [1.82, 2.24) is 14.5 Å². The van der Waals surface area contributed by atoms with Gasteiger partial charge in [-0.15, -0.1) is 0 Å². The van der Waals surface area contributed by atoms with E-state index < -0.39 is 6.04 Å². The van der Waals surface area contributed by atoms with Crippen LogP contribution in [0, 0.1) is 0 Å². The van der Waals surface area contributed by atoms with Crippen molar-refractivity contribution in [3.63, 3.8) is 0 Å². The van der Waals surface area contributed by atoms with Gasteiger partial charge in [-0.05, 0) is 36.4 Å². The number of hydrogen-bond donors (Lipinski definition) is 1. The van der Waals surface area contributed by atoms with Gasteiger partial charge in [0.15, 0.2) is 11.5 Å². The van der Waals surface area contributed by atoms with Crippen molar-refractivity contribution >= 4 is 34.5 Å². The van der Waals surface area contributed by atoms with Crippen LogP contribution in [0.2, 0.25) is 0 Å². The average molecular weight is 455 g/mol. The first kappa shape index (κ1) is 20.2. The van der Waals surface area contributed by atoms with Crippen molar-refractivity contribution in [3.05, 3.63) is 72.6 Å². The number of imidazole rings is 1. The first-order valence-corrected chi connectivity index (χ1v) is 11.0. The minimum absolute atomic E-state index is 0.0284. The summed E-state index contributed by atoms with van der Waals surface area (Å²) in [5, 5.41) is 2.88. The van der Waals surface area contributed by atoms with Crippen LogP contribution in [0.5, 0.6) is 11.5 Å². The van der Waals surface area contributed by atoms with Crippen LogP contribution in [0.15, 0.2) is 66.9 Å². The van der Waals surface area contributed by atoms with E-state index in [1.165, 1.54) is 0 Å². The molecule has 6 rings (SSSR count). The maximum Gasteiger partial charge on any atom is 0.253 e. The zero-order chi connectivity index (χ0) is 23.1. The molecule has 0 saturated heterocycles. The van der Waals surface area contributed by atoms with E-state index in [0.717, 1.165) is 16.7 Å². The van der Waals surface area contributed by atoms with Gasteiger partial charge in [0.1, 0.15) is 19.3 Å². The molecule has 0 aliphatic carbocycles. The fourth-order valence-electron chi connectivity index (χ4n) is 4.41. The average Bonchev–Trinajstić information content (AvgIpc) is 3.35. The molecular formula is C25H21N5O4. The summed E-state index contributed by atoms with van der Waals surface area (Å²) >= 11 is 0. The van der Waals surface area contributed by atoms with Crippen LogP contribution in [0.3, 0.4) is 0 Å². The minimum Gasteiger partial charge on any atom is -0.486 e. The van der Waals surface area contributed by atoms with Gasteiger partial charge in [0.25, 0.3) is 5.91 Å². The van der Waals surface area contributed by atoms with Crippen molar-refractivity contribution in [3.8, 4) is 11.5 Å². The van der Waals surface area contributed by atoms with Gasteiger partial charge in [-0.3, -0.25) is 24.0 Å². The molecule has 4 heterocycles.